The predicted molar refractivity (Wildman–Crippen MR) is 122 cm³/mol. The maximum atomic E-state index is 13.5. The summed E-state index contributed by atoms with van der Waals surface area (Å²) < 4.78 is 18.1. The fourth-order valence-electron chi connectivity index (χ4n) is 5.30. The first kappa shape index (κ1) is 21.4. The average Bonchev–Trinajstić information content (AvgIpc) is 3.02. The summed E-state index contributed by atoms with van der Waals surface area (Å²) in [5.41, 5.74) is 1.85. The number of nitrogens with zero attached hydrogens (tertiary/aromatic N) is 2. The van der Waals surface area contributed by atoms with Gasteiger partial charge in [0.25, 0.3) is 0 Å². The Morgan fingerprint density at radius 1 is 0.935 bits per heavy atom. The Morgan fingerprint density at radius 3 is 2.16 bits per heavy atom. The zero-order chi connectivity index (χ0) is 22.2. The molecular weight excluding hydrogens is 391 g/mol. The van der Waals surface area contributed by atoms with E-state index in [1.807, 2.05) is 13.8 Å². The minimum Gasteiger partial charge on any atom is -0.399 e. The minimum atomic E-state index is -0.506. The third-order valence-electron chi connectivity index (χ3n) is 8.25. The van der Waals surface area contributed by atoms with Gasteiger partial charge in [-0.15, -0.1) is 0 Å². The van der Waals surface area contributed by atoms with Gasteiger partial charge in [0.1, 0.15) is 0 Å². The van der Waals surface area contributed by atoms with Gasteiger partial charge in [0, 0.05) is 30.9 Å². The van der Waals surface area contributed by atoms with Crippen LogP contribution in [0.2, 0.25) is 0 Å². The molecule has 0 N–H and O–H groups in total. The fraction of sp³-hybridized carbons (Fsp3) is 0.708. The number of anilines is 1. The van der Waals surface area contributed by atoms with E-state index < -0.39 is 12.5 Å². The van der Waals surface area contributed by atoms with Gasteiger partial charge >= 0.3 is 7.12 Å². The molecule has 4 aliphatic rings. The molecule has 31 heavy (non-hydrogen) atoms. The molecule has 3 aliphatic heterocycles. The van der Waals surface area contributed by atoms with Gasteiger partial charge in [0.05, 0.1) is 29.8 Å². The smallest absolute Gasteiger partial charge is 0.399 e. The number of fused-ring (bicyclic) bond motifs is 1. The van der Waals surface area contributed by atoms with Crippen LogP contribution >= 0.6 is 0 Å². The van der Waals surface area contributed by atoms with E-state index in [0.29, 0.717) is 6.04 Å². The molecule has 0 spiro atoms. The molecule has 2 saturated heterocycles. The van der Waals surface area contributed by atoms with Crippen LogP contribution in [0, 0.1) is 0 Å². The Hall–Kier alpha value is -1.41. The summed E-state index contributed by atoms with van der Waals surface area (Å²) in [7, 11) is -0.418. The largest absolute Gasteiger partial charge is 0.494 e. The van der Waals surface area contributed by atoms with Crippen molar-refractivity contribution in [3.05, 3.63) is 23.8 Å². The quantitative estimate of drug-likeness (QED) is 0.696. The number of benzene rings is 1. The maximum Gasteiger partial charge on any atom is 0.494 e. The van der Waals surface area contributed by atoms with E-state index in [1.165, 1.54) is 0 Å². The monoisotopic (exact) mass is 426 g/mol. The fourth-order valence-corrected chi connectivity index (χ4v) is 5.30. The highest BCUT2D eigenvalue weighted by atomic mass is 16.7. The van der Waals surface area contributed by atoms with E-state index >= 15 is 0 Å². The lowest BCUT2D eigenvalue weighted by Crippen LogP contribution is -2.58. The highest BCUT2D eigenvalue weighted by Crippen LogP contribution is 2.46. The van der Waals surface area contributed by atoms with E-state index in [9.17, 15) is 4.79 Å². The van der Waals surface area contributed by atoms with Crippen LogP contribution in [0.3, 0.4) is 0 Å². The number of amides is 1. The van der Waals surface area contributed by atoms with Gasteiger partial charge in [0.2, 0.25) is 5.91 Å². The Balaban J connectivity index is 1.40. The Kier molecular flexibility index (Phi) is 4.87. The highest BCUT2D eigenvalue weighted by Gasteiger charge is 2.54. The summed E-state index contributed by atoms with van der Waals surface area (Å²) in [6.07, 6.45) is 2.06. The molecule has 1 aromatic carbocycles. The molecule has 5 rings (SSSR count). The van der Waals surface area contributed by atoms with Crippen molar-refractivity contribution in [1.82, 2.24) is 4.90 Å². The van der Waals surface area contributed by atoms with Gasteiger partial charge < -0.3 is 18.9 Å². The molecule has 0 atom stereocenters. The topological polar surface area (TPSA) is 51.2 Å². The van der Waals surface area contributed by atoms with Crippen LogP contribution in [0.5, 0.6) is 0 Å². The summed E-state index contributed by atoms with van der Waals surface area (Å²) in [4.78, 5) is 18.1. The normalized spacial score (nSPS) is 31.6. The van der Waals surface area contributed by atoms with Crippen LogP contribution in [-0.4, -0.2) is 67.5 Å². The van der Waals surface area contributed by atoms with Gasteiger partial charge in [-0.3, -0.25) is 9.69 Å². The van der Waals surface area contributed by atoms with Crippen LogP contribution in [0.4, 0.5) is 5.69 Å². The van der Waals surface area contributed by atoms with Crippen molar-refractivity contribution in [3.8, 4) is 0 Å². The molecule has 0 radical (unpaired) electrons. The molecule has 7 heteroatoms. The number of carbonyl (C=O) groups excluding carboxylic acids is 1. The second-order valence-corrected chi connectivity index (χ2v) is 11.1. The van der Waals surface area contributed by atoms with Crippen LogP contribution in [0.25, 0.3) is 0 Å². The van der Waals surface area contributed by atoms with Crippen molar-refractivity contribution in [2.24, 2.45) is 0 Å². The van der Waals surface area contributed by atoms with Crippen LogP contribution in [0.1, 0.15) is 59.9 Å². The van der Waals surface area contributed by atoms with Crippen molar-refractivity contribution < 1.29 is 18.8 Å². The van der Waals surface area contributed by atoms with Gasteiger partial charge in [0.15, 0.2) is 0 Å². The van der Waals surface area contributed by atoms with E-state index in [0.717, 1.165) is 55.9 Å². The maximum absolute atomic E-state index is 13.5. The van der Waals surface area contributed by atoms with E-state index in [-0.39, 0.29) is 23.2 Å². The Morgan fingerprint density at radius 2 is 1.55 bits per heavy atom. The van der Waals surface area contributed by atoms with Crippen LogP contribution < -0.4 is 10.4 Å². The lowest BCUT2D eigenvalue weighted by Gasteiger charge is -2.47. The molecule has 1 aliphatic carbocycles. The second kappa shape index (κ2) is 7.04. The van der Waals surface area contributed by atoms with Gasteiger partial charge in [-0.1, -0.05) is 12.1 Å². The number of ether oxygens (including phenoxy) is 1. The van der Waals surface area contributed by atoms with Gasteiger partial charge in [-0.25, -0.2) is 0 Å². The molecule has 6 nitrogen and oxygen atoms in total. The Bertz CT molecular complexity index is 872. The summed E-state index contributed by atoms with van der Waals surface area (Å²) in [5.74, 6) is 0.207. The van der Waals surface area contributed by atoms with Gasteiger partial charge in [-0.05, 0) is 71.5 Å². The first-order valence-corrected chi connectivity index (χ1v) is 11.7. The van der Waals surface area contributed by atoms with Crippen molar-refractivity contribution in [2.75, 3.05) is 31.2 Å². The molecule has 0 bridgehead atoms. The van der Waals surface area contributed by atoms with E-state index in [2.05, 4.69) is 55.7 Å². The lowest BCUT2D eigenvalue weighted by atomic mass is 9.76. The SMILES string of the molecule is CC1(C)C(=O)N([C@H]2C[C@@H](N3CCOCC3)C2)c2cc(B3OC(C)(C)C(C)(C)O3)ccc21. The van der Waals surface area contributed by atoms with Crippen molar-refractivity contribution >= 4 is 24.2 Å². The number of carbonyl (C=O) groups is 1. The second-order valence-electron chi connectivity index (χ2n) is 11.1. The van der Waals surface area contributed by atoms with Crippen molar-refractivity contribution in [1.29, 1.82) is 0 Å². The molecule has 0 unspecified atom stereocenters. The first-order chi connectivity index (χ1) is 14.5. The number of rotatable bonds is 3. The molecule has 1 aromatic rings. The number of hydrogen-bond donors (Lipinski definition) is 0. The molecule has 1 amide bonds. The lowest BCUT2D eigenvalue weighted by molar-refractivity contribution is -0.123. The zero-order valence-electron chi connectivity index (χ0n) is 19.7. The van der Waals surface area contributed by atoms with Crippen LogP contribution in [-0.2, 0) is 24.3 Å². The summed E-state index contributed by atoms with van der Waals surface area (Å²) in [5, 5.41) is 0. The summed E-state index contributed by atoms with van der Waals surface area (Å²) >= 11 is 0. The minimum absolute atomic E-state index is 0.207. The molecule has 3 heterocycles. The van der Waals surface area contributed by atoms with Crippen LogP contribution in [0.15, 0.2) is 18.2 Å². The number of hydrogen-bond acceptors (Lipinski definition) is 5. The first-order valence-electron chi connectivity index (χ1n) is 11.7. The molecular formula is C24H35BN2O4. The van der Waals surface area contributed by atoms with E-state index in [4.69, 9.17) is 14.0 Å². The number of morpholine rings is 1. The standard InChI is InChI=1S/C24H35BN2O4/c1-22(2)19-8-7-16(25-30-23(3,4)24(5,6)31-25)13-20(19)27(21(22)28)18-14-17(15-18)26-9-11-29-12-10-26/h7-8,13,17-18H,9-12,14-15H2,1-6H3/t17-,18+. The van der Waals surface area contributed by atoms with E-state index in [1.54, 1.807) is 0 Å². The third-order valence-corrected chi connectivity index (χ3v) is 8.25. The average molecular weight is 426 g/mol. The van der Waals surface area contributed by atoms with Crippen molar-refractivity contribution in [3.63, 3.8) is 0 Å². The van der Waals surface area contributed by atoms with Crippen molar-refractivity contribution in [2.45, 2.75) is 83.1 Å². The Labute approximate surface area is 186 Å². The van der Waals surface area contributed by atoms with Gasteiger partial charge in [-0.2, -0.15) is 0 Å². The zero-order valence-corrected chi connectivity index (χ0v) is 19.7. The third kappa shape index (κ3) is 3.27. The highest BCUT2D eigenvalue weighted by molar-refractivity contribution is 6.62. The molecule has 3 fully saturated rings. The molecule has 168 valence electrons. The summed E-state index contributed by atoms with van der Waals surface area (Å²) in [6, 6.07) is 7.11. The summed E-state index contributed by atoms with van der Waals surface area (Å²) in [6.45, 7) is 16.0. The molecule has 1 saturated carbocycles. The molecule has 0 aromatic heterocycles. The predicted octanol–water partition coefficient (Wildman–Crippen LogP) is 2.47.